The van der Waals surface area contributed by atoms with Gasteiger partial charge in [-0.05, 0) is 35.6 Å². The molecule has 1 N–H and O–H groups in total. The van der Waals surface area contributed by atoms with Crippen molar-refractivity contribution >= 4 is 28.4 Å². The number of aromatic nitrogens is 4. The number of hydrogen-bond acceptors (Lipinski definition) is 5. The van der Waals surface area contributed by atoms with Crippen LogP contribution in [0, 0.1) is 10.5 Å². The predicted molar refractivity (Wildman–Crippen MR) is 70.1 cm³/mol. The van der Waals surface area contributed by atoms with E-state index >= 15 is 0 Å². The number of hydrogen-bond donors (Lipinski definition) is 1. The van der Waals surface area contributed by atoms with Crippen molar-refractivity contribution in [2.24, 2.45) is 0 Å². The Labute approximate surface area is 107 Å². The van der Waals surface area contributed by atoms with Crippen molar-refractivity contribution in [2.45, 2.75) is 6.92 Å². The zero-order chi connectivity index (χ0) is 11.5. The molecule has 5 nitrogen and oxygen atoms in total. The highest BCUT2D eigenvalue weighted by atomic mass is 127. The number of halogens is 1. The van der Waals surface area contributed by atoms with Gasteiger partial charge in [0.25, 0.3) is 0 Å². The summed E-state index contributed by atoms with van der Waals surface area (Å²) in [5.74, 6) is 1.44. The Morgan fingerprint density at radius 1 is 1.31 bits per heavy atom. The molecule has 0 aliphatic carbocycles. The van der Waals surface area contributed by atoms with Gasteiger partial charge in [-0.25, -0.2) is 19.9 Å². The van der Waals surface area contributed by atoms with Crippen LogP contribution in [0.4, 0.5) is 5.82 Å². The van der Waals surface area contributed by atoms with Gasteiger partial charge in [-0.2, -0.15) is 0 Å². The molecule has 82 valence electrons. The Hall–Kier alpha value is -1.31. The van der Waals surface area contributed by atoms with Crippen molar-refractivity contribution in [3.8, 4) is 11.5 Å². The van der Waals surface area contributed by atoms with Crippen LogP contribution in [0.2, 0.25) is 0 Å². The lowest BCUT2D eigenvalue weighted by Crippen LogP contribution is -2.03. The summed E-state index contributed by atoms with van der Waals surface area (Å²) >= 11 is 2.22. The molecule has 2 rings (SSSR count). The minimum atomic E-state index is 0.615. The Bertz CT molecular complexity index is 500. The zero-order valence-corrected chi connectivity index (χ0v) is 11.1. The van der Waals surface area contributed by atoms with E-state index in [2.05, 4.69) is 47.8 Å². The average molecular weight is 327 g/mol. The number of anilines is 1. The van der Waals surface area contributed by atoms with Gasteiger partial charge in [-0.15, -0.1) is 0 Å². The van der Waals surface area contributed by atoms with Crippen molar-refractivity contribution < 1.29 is 0 Å². The Kier molecular flexibility index (Phi) is 3.28. The molecular weight excluding hydrogens is 317 g/mol. The van der Waals surface area contributed by atoms with Crippen LogP contribution in [-0.2, 0) is 0 Å². The van der Waals surface area contributed by atoms with Gasteiger partial charge in [0.1, 0.15) is 17.8 Å². The van der Waals surface area contributed by atoms with E-state index in [1.807, 2.05) is 14.0 Å². The van der Waals surface area contributed by atoms with E-state index < -0.39 is 0 Å². The van der Waals surface area contributed by atoms with E-state index in [9.17, 15) is 0 Å². The normalized spacial score (nSPS) is 10.2. The fourth-order valence-corrected chi connectivity index (χ4v) is 1.77. The first-order valence-corrected chi connectivity index (χ1v) is 5.78. The third kappa shape index (κ3) is 2.11. The standard InChI is InChI=1S/C10H10IN5/c1-6-8(11)10(12-2)16-9(15-6)7-3-4-13-5-14-7/h3-5H,1-2H3,(H,12,15,16). The first-order valence-electron chi connectivity index (χ1n) is 4.70. The van der Waals surface area contributed by atoms with E-state index in [1.54, 1.807) is 12.3 Å². The molecule has 0 saturated heterocycles. The van der Waals surface area contributed by atoms with Crippen LogP contribution in [-0.4, -0.2) is 27.0 Å². The molecule has 6 heteroatoms. The van der Waals surface area contributed by atoms with E-state index in [-0.39, 0.29) is 0 Å². The quantitative estimate of drug-likeness (QED) is 0.854. The molecule has 0 aliphatic rings. The maximum absolute atomic E-state index is 4.40. The molecule has 2 heterocycles. The fraction of sp³-hybridized carbons (Fsp3) is 0.200. The van der Waals surface area contributed by atoms with Crippen molar-refractivity contribution in [1.29, 1.82) is 0 Å². The number of aryl methyl sites for hydroxylation is 1. The van der Waals surface area contributed by atoms with Crippen molar-refractivity contribution in [3.05, 3.63) is 27.9 Å². The third-order valence-corrected chi connectivity index (χ3v) is 3.36. The summed E-state index contributed by atoms with van der Waals surface area (Å²) in [6.45, 7) is 1.95. The van der Waals surface area contributed by atoms with Gasteiger partial charge >= 0.3 is 0 Å². The Balaban J connectivity index is 2.55. The second kappa shape index (κ2) is 4.69. The van der Waals surface area contributed by atoms with Crippen LogP contribution in [0.3, 0.4) is 0 Å². The second-order valence-corrected chi connectivity index (χ2v) is 4.22. The van der Waals surface area contributed by atoms with Gasteiger partial charge in [0, 0.05) is 13.2 Å². The Morgan fingerprint density at radius 2 is 2.12 bits per heavy atom. The van der Waals surface area contributed by atoms with Gasteiger partial charge in [-0.1, -0.05) is 0 Å². The average Bonchev–Trinajstić information content (AvgIpc) is 2.33. The number of nitrogens with one attached hydrogen (secondary N) is 1. The molecule has 2 aromatic rings. The minimum absolute atomic E-state index is 0.615. The molecule has 16 heavy (non-hydrogen) atoms. The van der Waals surface area contributed by atoms with Crippen molar-refractivity contribution in [3.63, 3.8) is 0 Å². The van der Waals surface area contributed by atoms with Gasteiger partial charge in [0.05, 0.1) is 9.26 Å². The van der Waals surface area contributed by atoms with Crippen LogP contribution >= 0.6 is 22.6 Å². The summed E-state index contributed by atoms with van der Waals surface area (Å²) in [5.41, 5.74) is 1.67. The lowest BCUT2D eigenvalue weighted by molar-refractivity contribution is 1.06. The summed E-state index contributed by atoms with van der Waals surface area (Å²) in [5, 5.41) is 3.04. The lowest BCUT2D eigenvalue weighted by Gasteiger charge is -2.07. The van der Waals surface area contributed by atoms with Gasteiger partial charge < -0.3 is 5.32 Å². The first kappa shape index (κ1) is 11.2. The van der Waals surface area contributed by atoms with Crippen LogP contribution in [0.5, 0.6) is 0 Å². The fourth-order valence-electron chi connectivity index (χ4n) is 1.26. The summed E-state index contributed by atoms with van der Waals surface area (Å²) in [6.07, 6.45) is 3.17. The number of nitrogens with zero attached hydrogens (tertiary/aromatic N) is 4. The zero-order valence-electron chi connectivity index (χ0n) is 8.90. The third-order valence-electron chi connectivity index (χ3n) is 2.06. The van der Waals surface area contributed by atoms with E-state index in [4.69, 9.17) is 0 Å². The van der Waals surface area contributed by atoms with Crippen LogP contribution in [0.15, 0.2) is 18.6 Å². The summed E-state index contributed by atoms with van der Waals surface area (Å²) in [6, 6.07) is 1.79. The van der Waals surface area contributed by atoms with E-state index in [0.717, 1.165) is 20.8 Å². The maximum Gasteiger partial charge on any atom is 0.180 e. The van der Waals surface area contributed by atoms with E-state index in [1.165, 1.54) is 6.33 Å². The summed E-state index contributed by atoms with van der Waals surface area (Å²) in [4.78, 5) is 16.8. The molecule has 0 amide bonds. The smallest absolute Gasteiger partial charge is 0.180 e. The predicted octanol–water partition coefficient (Wildman–Crippen LogP) is 1.89. The molecule has 0 aliphatic heterocycles. The van der Waals surface area contributed by atoms with E-state index in [0.29, 0.717) is 5.82 Å². The number of rotatable bonds is 2. The largest absolute Gasteiger partial charge is 0.372 e. The Morgan fingerprint density at radius 3 is 2.75 bits per heavy atom. The molecule has 0 bridgehead atoms. The van der Waals surface area contributed by atoms with Crippen molar-refractivity contribution in [2.75, 3.05) is 12.4 Å². The van der Waals surface area contributed by atoms with Gasteiger partial charge in [-0.3, -0.25) is 0 Å². The molecule has 0 unspecified atom stereocenters. The first-order chi connectivity index (χ1) is 7.72. The second-order valence-electron chi connectivity index (χ2n) is 3.14. The topological polar surface area (TPSA) is 63.6 Å². The lowest BCUT2D eigenvalue weighted by atomic mass is 10.3. The molecule has 0 radical (unpaired) electrons. The SMILES string of the molecule is CNc1nc(-c2ccncn2)nc(C)c1I. The van der Waals surface area contributed by atoms with Crippen LogP contribution in [0.1, 0.15) is 5.69 Å². The van der Waals surface area contributed by atoms with Gasteiger partial charge in [0.15, 0.2) is 5.82 Å². The summed E-state index contributed by atoms with van der Waals surface area (Å²) in [7, 11) is 1.84. The highest BCUT2D eigenvalue weighted by molar-refractivity contribution is 14.1. The van der Waals surface area contributed by atoms with Gasteiger partial charge in [0.2, 0.25) is 0 Å². The van der Waals surface area contributed by atoms with Crippen LogP contribution in [0.25, 0.3) is 11.5 Å². The molecule has 0 spiro atoms. The highest BCUT2D eigenvalue weighted by Gasteiger charge is 2.09. The monoisotopic (exact) mass is 327 g/mol. The molecule has 0 fully saturated rings. The molecule has 2 aromatic heterocycles. The summed E-state index contributed by atoms with van der Waals surface area (Å²) < 4.78 is 1.03. The highest BCUT2D eigenvalue weighted by Crippen LogP contribution is 2.21. The van der Waals surface area contributed by atoms with Crippen molar-refractivity contribution in [1.82, 2.24) is 19.9 Å². The van der Waals surface area contributed by atoms with Crippen LogP contribution < -0.4 is 5.32 Å². The minimum Gasteiger partial charge on any atom is -0.372 e. The molecular formula is C10H10IN5. The molecule has 0 saturated carbocycles. The maximum atomic E-state index is 4.40. The molecule has 0 atom stereocenters. The molecule has 0 aromatic carbocycles.